The topological polar surface area (TPSA) is 42.2 Å². The van der Waals surface area contributed by atoms with Crippen molar-refractivity contribution >= 4 is 11.6 Å². The van der Waals surface area contributed by atoms with Crippen LogP contribution in [0.25, 0.3) is 0 Å². The van der Waals surface area contributed by atoms with Crippen molar-refractivity contribution in [2.45, 2.75) is 13.3 Å². The molecule has 0 aliphatic carbocycles. The highest BCUT2D eigenvalue weighted by atomic mass is 19.1. The summed E-state index contributed by atoms with van der Waals surface area (Å²) in [6.45, 7) is 3.58. The van der Waals surface area contributed by atoms with Crippen molar-refractivity contribution < 1.29 is 8.78 Å². The second kappa shape index (κ2) is 3.64. The van der Waals surface area contributed by atoms with E-state index in [-0.39, 0.29) is 11.6 Å². The van der Waals surface area contributed by atoms with E-state index < -0.39 is 11.6 Å². The maximum Gasteiger partial charge on any atom is 0.168 e. The minimum atomic E-state index is -0.802. The fraction of sp³-hybridized carbons (Fsp3) is 0.500. The first-order valence-electron chi connectivity index (χ1n) is 4.94. The molecule has 2 rings (SSSR count). The average Bonchev–Trinajstić information content (AvgIpc) is 2.58. The summed E-state index contributed by atoms with van der Waals surface area (Å²) in [5.41, 5.74) is 5.31. The van der Waals surface area contributed by atoms with Gasteiger partial charge in [-0.25, -0.2) is 13.8 Å². The highest BCUT2D eigenvalue weighted by Crippen LogP contribution is 2.26. The summed E-state index contributed by atoms with van der Waals surface area (Å²) in [5, 5.41) is 0. The van der Waals surface area contributed by atoms with Crippen LogP contribution in [0.3, 0.4) is 0 Å². The summed E-state index contributed by atoms with van der Waals surface area (Å²) in [5.74, 6) is -1.01. The second-order valence-corrected chi connectivity index (χ2v) is 4.00. The molecule has 1 aliphatic rings. The Kier molecular flexibility index (Phi) is 2.46. The highest BCUT2D eigenvalue weighted by molar-refractivity contribution is 5.47. The zero-order valence-electron chi connectivity index (χ0n) is 8.50. The number of nitrogens with two attached hydrogens (primary N) is 1. The summed E-state index contributed by atoms with van der Waals surface area (Å²) in [4.78, 5) is 5.54. The first kappa shape index (κ1) is 10.1. The van der Waals surface area contributed by atoms with Crippen LogP contribution in [0.5, 0.6) is 0 Å². The van der Waals surface area contributed by atoms with Crippen molar-refractivity contribution in [3.63, 3.8) is 0 Å². The van der Waals surface area contributed by atoms with Crippen LogP contribution >= 0.6 is 0 Å². The largest absolute Gasteiger partial charge is 0.381 e. The van der Waals surface area contributed by atoms with E-state index in [1.165, 1.54) is 0 Å². The molecule has 0 spiro atoms. The predicted octanol–water partition coefficient (Wildman–Crippen LogP) is 1.79. The lowest BCUT2D eigenvalue weighted by Gasteiger charge is -2.17. The molecule has 0 bridgehead atoms. The van der Waals surface area contributed by atoms with Gasteiger partial charge in [-0.3, -0.25) is 0 Å². The molecule has 1 atom stereocenters. The predicted molar refractivity (Wildman–Crippen MR) is 54.6 cm³/mol. The van der Waals surface area contributed by atoms with Crippen LogP contribution in [-0.4, -0.2) is 18.1 Å². The Bertz CT molecular complexity index is 381. The van der Waals surface area contributed by atoms with Crippen LogP contribution in [0.1, 0.15) is 13.3 Å². The third kappa shape index (κ3) is 1.86. The molecule has 1 saturated heterocycles. The molecule has 0 amide bonds. The van der Waals surface area contributed by atoms with Gasteiger partial charge in [0, 0.05) is 19.2 Å². The van der Waals surface area contributed by atoms with Crippen LogP contribution in [0.15, 0.2) is 6.07 Å². The van der Waals surface area contributed by atoms with E-state index in [1.807, 2.05) is 0 Å². The molecule has 1 fully saturated rings. The normalized spacial score (nSPS) is 21.0. The van der Waals surface area contributed by atoms with Gasteiger partial charge >= 0.3 is 0 Å². The van der Waals surface area contributed by atoms with E-state index in [1.54, 1.807) is 4.90 Å². The molecule has 1 aromatic heterocycles. The first-order chi connectivity index (χ1) is 7.08. The lowest BCUT2D eigenvalue weighted by molar-refractivity contribution is 0.573. The smallest absolute Gasteiger partial charge is 0.168 e. The van der Waals surface area contributed by atoms with Crippen molar-refractivity contribution in [3.05, 3.63) is 17.7 Å². The number of nitrogen functional groups attached to an aromatic ring is 1. The summed E-state index contributed by atoms with van der Waals surface area (Å²) >= 11 is 0. The quantitative estimate of drug-likeness (QED) is 0.773. The van der Waals surface area contributed by atoms with Crippen molar-refractivity contribution in [2.75, 3.05) is 23.7 Å². The lowest BCUT2D eigenvalue weighted by Crippen LogP contribution is -2.22. The molecule has 0 radical (unpaired) electrons. The first-order valence-corrected chi connectivity index (χ1v) is 4.94. The molecule has 82 valence electrons. The molecular formula is C10H13F2N3. The van der Waals surface area contributed by atoms with E-state index in [0.717, 1.165) is 25.6 Å². The van der Waals surface area contributed by atoms with Crippen LogP contribution in [0, 0.1) is 17.6 Å². The molecule has 2 N–H and O–H groups in total. The number of anilines is 2. The van der Waals surface area contributed by atoms with Gasteiger partial charge in [-0.05, 0) is 12.3 Å². The summed E-state index contributed by atoms with van der Waals surface area (Å²) < 4.78 is 26.3. The summed E-state index contributed by atoms with van der Waals surface area (Å²) in [7, 11) is 0. The zero-order valence-corrected chi connectivity index (χ0v) is 8.50. The van der Waals surface area contributed by atoms with Gasteiger partial charge in [-0.15, -0.1) is 0 Å². The number of hydrogen-bond donors (Lipinski definition) is 1. The van der Waals surface area contributed by atoms with Crippen molar-refractivity contribution in [1.82, 2.24) is 4.98 Å². The Labute approximate surface area is 86.9 Å². The average molecular weight is 213 g/mol. The van der Waals surface area contributed by atoms with E-state index in [0.29, 0.717) is 5.92 Å². The van der Waals surface area contributed by atoms with E-state index >= 15 is 0 Å². The van der Waals surface area contributed by atoms with Gasteiger partial charge in [-0.2, -0.15) is 0 Å². The van der Waals surface area contributed by atoms with E-state index in [4.69, 9.17) is 5.73 Å². The van der Waals surface area contributed by atoms with Gasteiger partial charge in [0.15, 0.2) is 23.3 Å². The highest BCUT2D eigenvalue weighted by Gasteiger charge is 2.23. The standard InChI is InChI=1S/C10H13F2N3/c1-6-2-3-15(5-6)10-8(12)4-7(11)9(13)14-10/h4,6H,2-3,5H2,1H3,(H2,13,14). The van der Waals surface area contributed by atoms with Crippen LogP contribution in [-0.2, 0) is 0 Å². The number of nitrogens with zero attached hydrogens (tertiary/aromatic N) is 2. The van der Waals surface area contributed by atoms with Gasteiger partial charge < -0.3 is 10.6 Å². The minimum Gasteiger partial charge on any atom is -0.381 e. The number of rotatable bonds is 1. The molecule has 3 nitrogen and oxygen atoms in total. The molecule has 1 unspecified atom stereocenters. The number of pyridine rings is 1. The van der Waals surface area contributed by atoms with Gasteiger partial charge in [0.25, 0.3) is 0 Å². The maximum atomic E-state index is 13.4. The summed E-state index contributed by atoms with van der Waals surface area (Å²) in [6, 6.07) is 0.792. The molecule has 15 heavy (non-hydrogen) atoms. The SMILES string of the molecule is CC1CCN(c2nc(N)c(F)cc2F)C1. The fourth-order valence-electron chi connectivity index (χ4n) is 1.82. The van der Waals surface area contributed by atoms with Crippen molar-refractivity contribution in [1.29, 1.82) is 0 Å². The fourth-order valence-corrected chi connectivity index (χ4v) is 1.82. The summed E-state index contributed by atoms with van der Waals surface area (Å²) in [6.07, 6.45) is 0.998. The lowest BCUT2D eigenvalue weighted by atomic mass is 10.2. The van der Waals surface area contributed by atoms with Crippen molar-refractivity contribution in [2.24, 2.45) is 5.92 Å². The van der Waals surface area contributed by atoms with Gasteiger partial charge in [0.05, 0.1) is 0 Å². The molecule has 0 aromatic carbocycles. The van der Waals surface area contributed by atoms with Crippen LogP contribution in [0.4, 0.5) is 20.4 Å². The monoisotopic (exact) mass is 213 g/mol. The van der Waals surface area contributed by atoms with Gasteiger partial charge in [-0.1, -0.05) is 6.92 Å². The second-order valence-electron chi connectivity index (χ2n) is 4.00. The van der Waals surface area contributed by atoms with Crippen LogP contribution < -0.4 is 10.6 Å². The third-order valence-electron chi connectivity index (χ3n) is 2.66. The minimum absolute atomic E-state index is 0.165. The number of halogens is 2. The maximum absolute atomic E-state index is 13.4. The number of hydrogen-bond acceptors (Lipinski definition) is 3. The van der Waals surface area contributed by atoms with Gasteiger partial charge in [0.1, 0.15) is 0 Å². The third-order valence-corrected chi connectivity index (χ3v) is 2.66. The molecule has 0 saturated carbocycles. The molecule has 5 heteroatoms. The Morgan fingerprint density at radius 2 is 2.20 bits per heavy atom. The zero-order chi connectivity index (χ0) is 11.0. The molecule has 1 aliphatic heterocycles. The van der Waals surface area contributed by atoms with Crippen molar-refractivity contribution in [3.8, 4) is 0 Å². The number of aromatic nitrogens is 1. The molecule has 1 aromatic rings. The Morgan fingerprint density at radius 1 is 1.47 bits per heavy atom. The van der Waals surface area contributed by atoms with E-state index in [2.05, 4.69) is 11.9 Å². The molecular weight excluding hydrogens is 200 g/mol. The Morgan fingerprint density at radius 3 is 2.80 bits per heavy atom. The molecule has 2 heterocycles. The Hall–Kier alpha value is -1.39. The van der Waals surface area contributed by atoms with E-state index in [9.17, 15) is 8.78 Å². The Balaban J connectivity index is 2.32. The van der Waals surface area contributed by atoms with Gasteiger partial charge in [0.2, 0.25) is 0 Å². The van der Waals surface area contributed by atoms with Crippen LogP contribution in [0.2, 0.25) is 0 Å².